The molecule has 0 bridgehead atoms. The van der Waals surface area contributed by atoms with E-state index >= 15 is 0 Å². The maximum absolute atomic E-state index is 5.99. The molecule has 0 fully saturated rings. The molecule has 2 heterocycles. The first-order valence-corrected chi connectivity index (χ1v) is 8.85. The second-order valence-corrected chi connectivity index (χ2v) is 7.23. The Balaban J connectivity index is 2.08. The summed E-state index contributed by atoms with van der Waals surface area (Å²) in [7, 11) is 0. The van der Waals surface area contributed by atoms with Gasteiger partial charge in [-0.05, 0) is 35.0 Å². The van der Waals surface area contributed by atoms with Crippen LogP contribution in [-0.2, 0) is 0 Å². The summed E-state index contributed by atoms with van der Waals surface area (Å²) in [5.74, 6) is 0. The molecule has 0 saturated carbocycles. The van der Waals surface area contributed by atoms with Crippen molar-refractivity contribution in [3.8, 4) is 0 Å². The number of hydrogen-bond acceptors (Lipinski definition) is 2. The van der Waals surface area contributed by atoms with Crippen molar-refractivity contribution in [1.82, 2.24) is 0 Å². The Kier molecular flexibility index (Phi) is 2.29. The van der Waals surface area contributed by atoms with E-state index in [0.29, 0.717) is 0 Å². The number of benzene rings is 3. The van der Waals surface area contributed by atoms with Crippen molar-refractivity contribution in [2.45, 2.75) is 0 Å². The van der Waals surface area contributed by atoms with E-state index in [1.165, 1.54) is 47.1 Å². The first-order chi connectivity index (χ1) is 11.9. The average Bonchev–Trinajstić information content (AvgIpc) is 3.20. The van der Waals surface area contributed by atoms with Gasteiger partial charge in [0.2, 0.25) is 0 Å². The van der Waals surface area contributed by atoms with Gasteiger partial charge in [0.05, 0.1) is 6.26 Å². The van der Waals surface area contributed by atoms with Crippen molar-refractivity contribution in [3.63, 3.8) is 0 Å². The van der Waals surface area contributed by atoms with Crippen LogP contribution in [0.25, 0.3) is 52.7 Å². The molecule has 0 unspecified atom stereocenters. The van der Waals surface area contributed by atoms with Gasteiger partial charge < -0.3 is 4.42 Å². The molecule has 24 heavy (non-hydrogen) atoms. The fraction of sp³-hybridized carbons (Fsp3) is 0. The van der Waals surface area contributed by atoms with Crippen molar-refractivity contribution < 1.29 is 4.42 Å². The predicted octanol–water partition coefficient (Wildman–Crippen LogP) is 7.11. The molecular weight excluding hydrogens is 312 g/mol. The van der Waals surface area contributed by atoms with Crippen LogP contribution in [0.4, 0.5) is 0 Å². The van der Waals surface area contributed by atoms with Gasteiger partial charge >= 0.3 is 0 Å². The molecule has 2 heteroatoms. The Morgan fingerprint density at radius 1 is 0.667 bits per heavy atom. The molecule has 0 N–H and O–H groups in total. The molecule has 0 aliphatic rings. The largest absolute Gasteiger partial charge is 0.464 e. The van der Waals surface area contributed by atoms with Crippen molar-refractivity contribution >= 4 is 64.0 Å². The number of rotatable bonds is 0. The summed E-state index contributed by atoms with van der Waals surface area (Å²) in [5.41, 5.74) is 0.986. The second kappa shape index (κ2) is 4.37. The van der Waals surface area contributed by atoms with E-state index in [4.69, 9.17) is 4.42 Å². The highest BCUT2D eigenvalue weighted by molar-refractivity contribution is 7.27. The van der Waals surface area contributed by atoms with Crippen molar-refractivity contribution in [2.75, 3.05) is 0 Å². The molecule has 0 aliphatic carbocycles. The maximum atomic E-state index is 5.99. The van der Waals surface area contributed by atoms with E-state index in [1.807, 2.05) is 17.4 Å². The summed E-state index contributed by atoms with van der Waals surface area (Å²) in [5, 5.41) is 8.96. The molecule has 0 aliphatic heterocycles. The van der Waals surface area contributed by atoms with Gasteiger partial charge in [-0.1, -0.05) is 42.5 Å². The molecule has 112 valence electrons. The fourth-order valence-corrected chi connectivity index (χ4v) is 5.21. The third kappa shape index (κ3) is 1.44. The quantitative estimate of drug-likeness (QED) is 0.290. The second-order valence-electron chi connectivity index (χ2n) is 6.18. The monoisotopic (exact) mass is 324 g/mol. The lowest BCUT2D eigenvalue weighted by Crippen LogP contribution is -1.76. The van der Waals surface area contributed by atoms with E-state index < -0.39 is 0 Å². The Morgan fingerprint density at radius 2 is 1.42 bits per heavy atom. The van der Waals surface area contributed by atoms with Crippen LogP contribution in [0.1, 0.15) is 0 Å². The van der Waals surface area contributed by atoms with Crippen LogP contribution in [0.5, 0.6) is 0 Å². The van der Waals surface area contributed by atoms with Gasteiger partial charge in [0.15, 0.2) is 0 Å². The molecule has 2 aromatic heterocycles. The highest BCUT2D eigenvalue weighted by atomic mass is 32.1. The Labute approximate surface area is 141 Å². The van der Waals surface area contributed by atoms with Crippen LogP contribution in [-0.4, -0.2) is 0 Å². The summed E-state index contributed by atoms with van der Waals surface area (Å²) in [6, 6.07) is 23.7. The first-order valence-electron chi connectivity index (χ1n) is 8.04. The summed E-state index contributed by atoms with van der Waals surface area (Å²) < 4.78 is 8.68. The van der Waals surface area contributed by atoms with Crippen LogP contribution < -0.4 is 0 Å². The Bertz CT molecular complexity index is 1400. The molecule has 1 nitrogen and oxygen atoms in total. The van der Waals surface area contributed by atoms with Crippen molar-refractivity contribution in [1.29, 1.82) is 0 Å². The lowest BCUT2D eigenvalue weighted by Gasteiger charge is -2.03. The molecule has 6 rings (SSSR count). The highest BCUT2D eigenvalue weighted by Crippen LogP contribution is 2.46. The summed E-state index contributed by atoms with van der Waals surface area (Å²) in [6.07, 6.45) is 1.78. The number of thiophene rings is 1. The van der Waals surface area contributed by atoms with E-state index in [9.17, 15) is 0 Å². The smallest absolute Gasteiger partial charge is 0.142 e. The van der Waals surface area contributed by atoms with Gasteiger partial charge in [0.25, 0.3) is 0 Å². The highest BCUT2D eigenvalue weighted by Gasteiger charge is 2.17. The molecule has 0 radical (unpaired) electrons. The van der Waals surface area contributed by atoms with Gasteiger partial charge in [-0.3, -0.25) is 0 Å². The standard InChI is InChI=1S/C22H12OS/c1-2-7-14-13(6-1)12-17-19(14)22-20(16-9-5-11-23-21(16)17)15-8-3-4-10-18(15)24-22/h1-12H. The van der Waals surface area contributed by atoms with Crippen molar-refractivity contribution in [2.24, 2.45) is 0 Å². The van der Waals surface area contributed by atoms with E-state index in [-0.39, 0.29) is 0 Å². The number of fused-ring (bicyclic) bond motifs is 10. The van der Waals surface area contributed by atoms with E-state index in [0.717, 1.165) is 5.58 Å². The van der Waals surface area contributed by atoms with Gasteiger partial charge in [0.1, 0.15) is 5.58 Å². The Hall–Kier alpha value is -2.84. The third-order valence-corrected chi connectivity index (χ3v) is 6.10. The summed E-state index contributed by atoms with van der Waals surface area (Å²) in [4.78, 5) is 0. The van der Waals surface area contributed by atoms with Crippen LogP contribution in [0.2, 0.25) is 0 Å². The zero-order chi connectivity index (χ0) is 15.7. The minimum Gasteiger partial charge on any atom is -0.464 e. The number of hydrogen-bond donors (Lipinski definition) is 0. The van der Waals surface area contributed by atoms with Gasteiger partial charge in [-0.15, -0.1) is 11.3 Å². The topological polar surface area (TPSA) is 13.1 Å². The minimum atomic E-state index is 0.986. The normalized spacial score (nSPS) is 12.2. The van der Waals surface area contributed by atoms with Gasteiger partial charge in [-0.2, -0.15) is 0 Å². The van der Waals surface area contributed by atoms with E-state index in [2.05, 4.69) is 60.7 Å². The fourth-order valence-electron chi connectivity index (χ4n) is 3.92. The molecule has 0 spiro atoms. The Morgan fingerprint density at radius 3 is 2.38 bits per heavy atom. The third-order valence-electron chi connectivity index (χ3n) is 4.91. The van der Waals surface area contributed by atoms with E-state index in [1.54, 1.807) is 6.26 Å². The van der Waals surface area contributed by atoms with Gasteiger partial charge in [-0.25, -0.2) is 0 Å². The van der Waals surface area contributed by atoms with Crippen LogP contribution >= 0.6 is 11.3 Å². The van der Waals surface area contributed by atoms with Crippen LogP contribution in [0.3, 0.4) is 0 Å². The predicted molar refractivity (Wildman–Crippen MR) is 104 cm³/mol. The summed E-state index contributed by atoms with van der Waals surface area (Å²) in [6.45, 7) is 0. The van der Waals surface area contributed by atoms with Crippen molar-refractivity contribution in [3.05, 3.63) is 73.0 Å². The lowest BCUT2D eigenvalue weighted by atomic mass is 10.0. The first kappa shape index (κ1) is 12.6. The summed E-state index contributed by atoms with van der Waals surface area (Å²) >= 11 is 1.88. The average molecular weight is 324 g/mol. The molecule has 6 aromatic rings. The molecule has 4 aromatic carbocycles. The zero-order valence-corrected chi connectivity index (χ0v) is 13.6. The molecular formula is C22H12OS. The SMILES string of the molecule is c1ccc2c(c1)cc1c3occcc3c3c4ccccc4sc3c21. The molecule has 0 saturated heterocycles. The molecule has 0 atom stereocenters. The maximum Gasteiger partial charge on any atom is 0.142 e. The zero-order valence-electron chi connectivity index (χ0n) is 12.7. The van der Waals surface area contributed by atoms with Crippen LogP contribution in [0.15, 0.2) is 77.4 Å². The van der Waals surface area contributed by atoms with Gasteiger partial charge in [0, 0.05) is 36.3 Å². The van der Waals surface area contributed by atoms with Crippen LogP contribution in [0, 0.1) is 0 Å². The molecule has 0 amide bonds. The lowest BCUT2D eigenvalue weighted by molar-refractivity contribution is 0.608. The minimum absolute atomic E-state index is 0.986.